The maximum absolute atomic E-state index is 12.7. The molecule has 3 N–H and O–H groups in total. The van der Waals surface area contributed by atoms with Gasteiger partial charge in [-0.3, -0.25) is 4.79 Å². The average molecular weight is 434 g/mol. The lowest BCUT2D eigenvalue weighted by Crippen LogP contribution is -2.52. The molecule has 0 radical (unpaired) electrons. The van der Waals surface area contributed by atoms with Gasteiger partial charge in [0.15, 0.2) is 0 Å². The Kier molecular flexibility index (Phi) is 7.94. The fraction of sp³-hybridized carbons (Fsp3) is 0.632. The molecule has 0 spiro atoms. The van der Waals surface area contributed by atoms with Crippen molar-refractivity contribution in [3.05, 3.63) is 34.3 Å². The van der Waals surface area contributed by atoms with Crippen molar-refractivity contribution >= 4 is 34.2 Å². The van der Waals surface area contributed by atoms with E-state index in [1.54, 1.807) is 6.92 Å². The molecule has 6 heteroatoms. The zero-order chi connectivity index (χ0) is 18.0. The van der Waals surface area contributed by atoms with Gasteiger partial charge in [-0.1, -0.05) is 48.8 Å². The van der Waals surface area contributed by atoms with Crippen LogP contribution in [0.2, 0.25) is 0 Å². The Labute approximate surface area is 165 Å². The topological polar surface area (TPSA) is 64.4 Å². The Balaban J connectivity index is 0.00000312. The van der Waals surface area contributed by atoms with Gasteiger partial charge in [-0.15, -0.1) is 12.4 Å². The number of carbonyl (C=O) groups is 1. The first kappa shape index (κ1) is 22.4. The van der Waals surface area contributed by atoms with Crippen LogP contribution in [0.1, 0.15) is 46.1 Å². The summed E-state index contributed by atoms with van der Waals surface area (Å²) in [7, 11) is 0. The van der Waals surface area contributed by atoms with E-state index < -0.39 is 5.54 Å². The summed E-state index contributed by atoms with van der Waals surface area (Å²) >= 11 is 3.40. The first-order valence-corrected chi connectivity index (χ1v) is 9.36. The maximum atomic E-state index is 12.7. The molecule has 2 rings (SSSR count). The van der Waals surface area contributed by atoms with E-state index in [0.717, 1.165) is 29.5 Å². The molecular weight excluding hydrogens is 404 g/mol. The average Bonchev–Trinajstić information content (AvgIpc) is 2.52. The molecule has 1 aromatic rings. The molecule has 0 bridgehead atoms. The number of nitrogens with one attached hydrogen (secondary N) is 1. The zero-order valence-corrected chi connectivity index (χ0v) is 17.9. The van der Waals surface area contributed by atoms with Crippen LogP contribution in [0.3, 0.4) is 0 Å². The number of halogens is 2. The van der Waals surface area contributed by atoms with Crippen LogP contribution in [-0.2, 0) is 15.1 Å². The highest BCUT2D eigenvalue weighted by atomic mass is 79.9. The predicted octanol–water partition coefficient (Wildman–Crippen LogP) is 4.00. The monoisotopic (exact) mass is 432 g/mol. The fourth-order valence-corrected chi connectivity index (χ4v) is 3.61. The lowest BCUT2D eigenvalue weighted by Gasteiger charge is -2.40. The van der Waals surface area contributed by atoms with Crippen molar-refractivity contribution in [2.24, 2.45) is 17.1 Å². The molecule has 4 nitrogen and oxygen atoms in total. The second-order valence-corrected chi connectivity index (χ2v) is 8.89. The standard InChI is InChI=1S/C19H29BrN2O2.ClH/c1-18(2,3)16-13(6-5-11-24-16)12-22-17(23)19(4,21)14-7-9-15(20)10-8-14;/h7-10,13,16H,5-6,11-12,21H2,1-4H3,(H,22,23);1H. The summed E-state index contributed by atoms with van der Waals surface area (Å²) in [6, 6.07) is 7.56. The molecule has 0 saturated carbocycles. The molecular formula is C19H30BrClN2O2. The van der Waals surface area contributed by atoms with Crippen molar-refractivity contribution in [1.82, 2.24) is 5.32 Å². The molecule has 1 aliphatic rings. The summed E-state index contributed by atoms with van der Waals surface area (Å²) in [6.07, 6.45) is 2.27. The van der Waals surface area contributed by atoms with Crippen LogP contribution in [0, 0.1) is 11.3 Å². The summed E-state index contributed by atoms with van der Waals surface area (Å²) in [5, 5.41) is 3.05. The third-order valence-corrected chi connectivity index (χ3v) is 5.27. The molecule has 1 aromatic carbocycles. The zero-order valence-electron chi connectivity index (χ0n) is 15.5. The third kappa shape index (κ3) is 5.68. The van der Waals surface area contributed by atoms with E-state index >= 15 is 0 Å². The van der Waals surface area contributed by atoms with Gasteiger partial charge < -0.3 is 15.8 Å². The number of carbonyl (C=O) groups excluding carboxylic acids is 1. The third-order valence-electron chi connectivity index (χ3n) is 4.74. The Bertz CT molecular complexity index is 570. The number of rotatable bonds is 4. The largest absolute Gasteiger partial charge is 0.377 e. The van der Waals surface area contributed by atoms with E-state index in [-0.39, 0.29) is 29.8 Å². The van der Waals surface area contributed by atoms with E-state index in [1.807, 2.05) is 24.3 Å². The fourth-order valence-electron chi connectivity index (χ4n) is 3.34. The summed E-state index contributed by atoms with van der Waals surface area (Å²) in [5.74, 6) is 0.173. The van der Waals surface area contributed by atoms with Gasteiger partial charge in [-0.25, -0.2) is 0 Å². The van der Waals surface area contributed by atoms with Crippen molar-refractivity contribution in [2.45, 2.75) is 52.2 Å². The second-order valence-electron chi connectivity index (χ2n) is 7.98. The number of nitrogens with two attached hydrogens (primary N) is 1. The quantitative estimate of drug-likeness (QED) is 0.754. The molecule has 0 aliphatic carbocycles. The summed E-state index contributed by atoms with van der Waals surface area (Å²) in [5.41, 5.74) is 6.13. The first-order valence-electron chi connectivity index (χ1n) is 8.57. The maximum Gasteiger partial charge on any atom is 0.244 e. The molecule has 25 heavy (non-hydrogen) atoms. The minimum atomic E-state index is -1.05. The molecule has 1 aliphatic heterocycles. The summed E-state index contributed by atoms with van der Waals surface area (Å²) in [4.78, 5) is 12.7. The predicted molar refractivity (Wildman–Crippen MR) is 108 cm³/mol. The van der Waals surface area contributed by atoms with Gasteiger partial charge in [0.05, 0.1) is 6.10 Å². The second kappa shape index (κ2) is 8.85. The lowest BCUT2D eigenvalue weighted by molar-refractivity contribution is -0.127. The number of benzene rings is 1. The van der Waals surface area contributed by atoms with Gasteiger partial charge in [0.1, 0.15) is 5.54 Å². The van der Waals surface area contributed by atoms with Crippen molar-refractivity contribution < 1.29 is 9.53 Å². The van der Waals surface area contributed by atoms with Gasteiger partial charge in [-0.2, -0.15) is 0 Å². The molecule has 3 atom stereocenters. The smallest absolute Gasteiger partial charge is 0.244 e. The Morgan fingerprint density at radius 2 is 1.88 bits per heavy atom. The van der Waals surface area contributed by atoms with Crippen molar-refractivity contribution in [3.8, 4) is 0 Å². The Morgan fingerprint density at radius 1 is 1.28 bits per heavy atom. The van der Waals surface area contributed by atoms with E-state index in [4.69, 9.17) is 10.5 Å². The van der Waals surface area contributed by atoms with E-state index in [1.165, 1.54) is 0 Å². The number of hydrogen-bond donors (Lipinski definition) is 2. The van der Waals surface area contributed by atoms with Crippen LogP contribution >= 0.6 is 28.3 Å². The number of ether oxygens (including phenoxy) is 1. The molecule has 1 saturated heterocycles. The van der Waals surface area contributed by atoms with E-state index in [0.29, 0.717) is 12.5 Å². The Hall–Kier alpha value is -0.620. The van der Waals surface area contributed by atoms with Crippen LogP contribution in [-0.4, -0.2) is 25.2 Å². The van der Waals surface area contributed by atoms with Crippen LogP contribution in [0.4, 0.5) is 0 Å². The lowest BCUT2D eigenvalue weighted by atomic mass is 9.78. The molecule has 1 heterocycles. The van der Waals surface area contributed by atoms with Crippen molar-refractivity contribution in [2.75, 3.05) is 13.2 Å². The van der Waals surface area contributed by atoms with Crippen molar-refractivity contribution in [1.29, 1.82) is 0 Å². The Morgan fingerprint density at radius 3 is 2.44 bits per heavy atom. The normalized spacial score (nSPS) is 23.3. The van der Waals surface area contributed by atoms with E-state index in [2.05, 4.69) is 42.0 Å². The van der Waals surface area contributed by atoms with Crippen LogP contribution in [0.5, 0.6) is 0 Å². The molecule has 1 amide bonds. The molecule has 0 aromatic heterocycles. The minimum Gasteiger partial charge on any atom is -0.377 e. The summed E-state index contributed by atoms with van der Waals surface area (Å²) in [6.45, 7) is 9.72. The molecule has 1 fully saturated rings. The highest BCUT2D eigenvalue weighted by molar-refractivity contribution is 9.10. The molecule has 142 valence electrons. The van der Waals surface area contributed by atoms with Crippen LogP contribution in [0.15, 0.2) is 28.7 Å². The van der Waals surface area contributed by atoms with Gasteiger partial charge >= 0.3 is 0 Å². The van der Waals surface area contributed by atoms with Gasteiger partial charge in [0, 0.05) is 23.5 Å². The van der Waals surface area contributed by atoms with Gasteiger partial charge in [0.2, 0.25) is 5.91 Å². The highest BCUT2D eigenvalue weighted by Crippen LogP contribution is 2.33. The molecule has 3 unspecified atom stereocenters. The number of hydrogen-bond acceptors (Lipinski definition) is 3. The number of amides is 1. The van der Waals surface area contributed by atoms with E-state index in [9.17, 15) is 4.79 Å². The van der Waals surface area contributed by atoms with Crippen molar-refractivity contribution in [3.63, 3.8) is 0 Å². The van der Waals surface area contributed by atoms with Gasteiger partial charge in [0.25, 0.3) is 0 Å². The highest BCUT2D eigenvalue weighted by Gasteiger charge is 2.37. The van der Waals surface area contributed by atoms with Crippen LogP contribution in [0.25, 0.3) is 0 Å². The minimum absolute atomic E-state index is 0. The van der Waals surface area contributed by atoms with Gasteiger partial charge in [-0.05, 0) is 42.9 Å². The van der Waals surface area contributed by atoms with Crippen LogP contribution < -0.4 is 11.1 Å². The first-order chi connectivity index (χ1) is 11.1. The summed E-state index contributed by atoms with van der Waals surface area (Å²) < 4.78 is 6.95. The SMILES string of the molecule is CC(N)(C(=O)NCC1CCCOC1C(C)(C)C)c1ccc(Br)cc1.Cl.